The first-order valence-corrected chi connectivity index (χ1v) is 11.0. The van der Waals surface area contributed by atoms with Gasteiger partial charge in [0.05, 0.1) is 18.3 Å². The molecule has 3 aromatic rings. The van der Waals surface area contributed by atoms with E-state index in [1.165, 1.54) is 0 Å². The molecule has 0 fully saturated rings. The number of nitrogens with zero attached hydrogens (tertiary/aromatic N) is 3. The number of nitrogens with one attached hydrogen (secondary N) is 1. The number of carbonyl (C=O) groups excluding carboxylic acids is 1. The van der Waals surface area contributed by atoms with Gasteiger partial charge in [-0.05, 0) is 54.8 Å². The third kappa shape index (κ3) is 5.45. The Bertz CT molecular complexity index is 1070. The molecule has 0 bridgehead atoms. The predicted octanol–water partition coefficient (Wildman–Crippen LogP) is 2.57. The molecule has 152 valence electrons. The van der Waals surface area contributed by atoms with Crippen LogP contribution in [-0.2, 0) is 21.4 Å². The van der Waals surface area contributed by atoms with Crippen molar-refractivity contribution in [3.05, 3.63) is 77.9 Å². The number of hydrogen-bond acceptors (Lipinski definition) is 4. The van der Waals surface area contributed by atoms with Crippen LogP contribution in [-0.4, -0.2) is 36.7 Å². The van der Waals surface area contributed by atoms with Gasteiger partial charge in [0.15, 0.2) is 0 Å². The molecule has 0 saturated carbocycles. The van der Waals surface area contributed by atoms with E-state index in [9.17, 15) is 13.2 Å². The average Bonchev–Trinajstić information content (AvgIpc) is 3.18. The SMILES string of the molecule is Cc1cc(C)cc(N(CC(=O)NCc2ccc(-n3ccnc3)cc2)S(C)(=O)=O)c1. The molecule has 2 aromatic carbocycles. The van der Waals surface area contributed by atoms with Crippen LogP contribution in [0.1, 0.15) is 16.7 Å². The van der Waals surface area contributed by atoms with Crippen LogP contribution >= 0.6 is 0 Å². The second kappa shape index (κ2) is 8.48. The molecule has 0 aliphatic rings. The summed E-state index contributed by atoms with van der Waals surface area (Å²) < 4.78 is 27.5. The molecule has 0 atom stereocenters. The van der Waals surface area contributed by atoms with E-state index in [1.54, 1.807) is 24.7 Å². The Morgan fingerprint density at radius 1 is 1.10 bits per heavy atom. The summed E-state index contributed by atoms with van der Waals surface area (Å²) in [6.45, 7) is 3.83. The highest BCUT2D eigenvalue weighted by Gasteiger charge is 2.21. The van der Waals surface area contributed by atoms with E-state index in [0.717, 1.165) is 32.9 Å². The molecular formula is C21H24N4O3S. The zero-order chi connectivity index (χ0) is 21.0. The van der Waals surface area contributed by atoms with Crippen LogP contribution in [0.15, 0.2) is 61.2 Å². The summed E-state index contributed by atoms with van der Waals surface area (Å²) in [4.78, 5) is 16.5. The Labute approximate surface area is 171 Å². The maximum absolute atomic E-state index is 12.4. The van der Waals surface area contributed by atoms with Gasteiger partial charge in [0.2, 0.25) is 15.9 Å². The van der Waals surface area contributed by atoms with Gasteiger partial charge in [-0.25, -0.2) is 13.4 Å². The van der Waals surface area contributed by atoms with E-state index in [2.05, 4.69) is 10.3 Å². The van der Waals surface area contributed by atoms with Crippen molar-refractivity contribution in [3.63, 3.8) is 0 Å². The Morgan fingerprint density at radius 3 is 2.31 bits per heavy atom. The van der Waals surface area contributed by atoms with Crippen molar-refractivity contribution < 1.29 is 13.2 Å². The number of rotatable bonds is 7. The number of imidazole rings is 1. The molecule has 1 aromatic heterocycles. The second-order valence-corrected chi connectivity index (χ2v) is 8.94. The van der Waals surface area contributed by atoms with Crippen LogP contribution in [0.3, 0.4) is 0 Å². The quantitative estimate of drug-likeness (QED) is 0.646. The number of aromatic nitrogens is 2. The highest BCUT2D eigenvalue weighted by Crippen LogP contribution is 2.21. The van der Waals surface area contributed by atoms with Gasteiger partial charge in [0.25, 0.3) is 0 Å². The highest BCUT2D eigenvalue weighted by molar-refractivity contribution is 7.92. The molecule has 0 radical (unpaired) electrons. The zero-order valence-corrected chi connectivity index (χ0v) is 17.5. The standard InChI is InChI=1S/C21H24N4O3S/c1-16-10-17(2)12-20(11-16)25(29(3,27)28)14-21(26)23-13-18-4-6-19(7-5-18)24-9-8-22-15-24/h4-12,15H,13-14H2,1-3H3,(H,23,26). The number of benzene rings is 2. The van der Waals surface area contributed by atoms with Gasteiger partial charge in [-0.1, -0.05) is 18.2 Å². The lowest BCUT2D eigenvalue weighted by Gasteiger charge is -2.23. The van der Waals surface area contributed by atoms with Crippen molar-refractivity contribution in [2.75, 3.05) is 17.1 Å². The van der Waals surface area contributed by atoms with Crippen LogP contribution in [0.5, 0.6) is 0 Å². The van der Waals surface area contributed by atoms with E-state index >= 15 is 0 Å². The van der Waals surface area contributed by atoms with Gasteiger partial charge >= 0.3 is 0 Å². The highest BCUT2D eigenvalue weighted by atomic mass is 32.2. The van der Waals surface area contributed by atoms with Crippen molar-refractivity contribution in [2.45, 2.75) is 20.4 Å². The van der Waals surface area contributed by atoms with Crippen molar-refractivity contribution in [2.24, 2.45) is 0 Å². The minimum absolute atomic E-state index is 0.269. The first kappa shape index (κ1) is 20.6. The summed E-state index contributed by atoms with van der Waals surface area (Å²) in [5.41, 5.74) is 4.25. The lowest BCUT2D eigenvalue weighted by atomic mass is 10.1. The smallest absolute Gasteiger partial charge is 0.241 e. The van der Waals surface area contributed by atoms with E-state index < -0.39 is 10.0 Å². The van der Waals surface area contributed by atoms with Crippen LogP contribution in [0.4, 0.5) is 5.69 Å². The normalized spacial score (nSPS) is 11.3. The fourth-order valence-corrected chi connectivity index (χ4v) is 3.92. The summed E-state index contributed by atoms with van der Waals surface area (Å²) >= 11 is 0. The molecule has 3 rings (SSSR count). The van der Waals surface area contributed by atoms with Crippen LogP contribution < -0.4 is 9.62 Å². The van der Waals surface area contributed by atoms with E-state index in [1.807, 2.05) is 54.9 Å². The zero-order valence-electron chi connectivity index (χ0n) is 16.7. The molecule has 1 amide bonds. The maximum Gasteiger partial charge on any atom is 0.241 e. The van der Waals surface area contributed by atoms with Crippen molar-refractivity contribution in [3.8, 4) is 5.69 Å². The fraction of sp³-hybridized carbons (Fsp3) is 0.238. The summed E-state index contributed by atoms with van der Waals surface area (Å²) in [5.74, 6) is -0.367. The lowest BCUT2D eigenvalue weighted by molar-refractivity contribution is -0.119. The monoisotopic (exact) mass is 412 g/mol. The van der Waals surface area contributed by atoms with Gasteiger partial charge in [0, 0.05) is 24.6 Å². The van der Waals surface area contributed by atoms with Crippen LogP contribution in [0, 0.1) is 13.8 Å². The molecular weight excluding hydrogens is 388 g/mol. The first-order valence-electron chi connectivity index (χ1n) is 9.12. The summed E-state index contributed by atoms with van der Waals surface area (Å²) in [6, 6.07) is 13.2. The largest absolute Gasteiger partial charge is 0.350 e. The Kier molecular flexibility index (Phi) is 6.03. The minimum Gasteiger partial charge on any atom is -0.350 e. The Morgan fingerprint density at radius 2 is 1.76 bits per heavy atom. The van der Waals surface area contributed by atoms with E-state index in [-0.39, 0.29) is 12.5 Å². The molecule has 0 spiro atoms. The third-order valence-corrected chi connectivity index (χ3v) is 5.55. The van der Waals surface area contributed by atoms with Gasteiger partial charge in [-0.3, -0.25) is 9.10 Å². The molecule has 0 unspecified atom stereocenters. The number of aryl methyl sites for hydroxylation is 2. The molecule has 0 aliphatic heterocycles. The molecule has 8 heteroatoms. The third-order valence-electron chi connectivity index (χ3n) is 4.41. The maximum atomic E-state index is 12.4. The molecule has 7 nitrogen and oxygen atoms in total. The average molecular weight is 413 g/mol. The van der Waals surface area contributed by atoms with E-state index in [0.29, 0.717) is 12.2 Å². The molecule has 1 heterocycles. The number of anilines is 1. The first-order chi connectivity index (χ1) is 13.7. The van der Waals surface area contributed by atoms with Gasteiger partial charge in [-0.2, -0.15) is 0 Å². The number of amides is 1. The molecule has 0 saturated heterocycles. The number of carbonyl (C=O) groups is 1. The van der Waals surface area contributed by atoms with Crippen molar-refractivity contribution >= 4 is 21.6 Å². The van der Waals surface area contributed by atoms with Crippen LogP contribution in [0.2, 0.25) is 0 Å². The second-order valence-electron chi connectivity index (χ2n) is 7.03. The van der Waals surface area contributed by atoms with Gasteiger partial charge in [0.1, 0.15) is 6.54 Å². The van der Waals surface area contributed by atoms with Gasteiger partial charge in [-0.15, -0.1) is 0 Å². The van der Waals surface area contributed by atoms with Crippen LogP contribution in [0.25, 0.3) is 5.69 Å². The topological polar surface area (TPSA) is 84.3 Å². The molecule has 1 N–H and O–H groups in total. The Balaban J connectivity index is 1.66. The van der Waals surface area contributed by atoms with E-state index in [4.69, 9.17) is 0 Å². The summed E-state index contributed by atoms with van der Waals surface area (Å²) in [6.07, 6.45) is 6.37. The van der Waals surface area contributed by atoms with Gasteiger partial charge < -0.3 is 9.88 Å². The number of sulfonamides is 1. The predicted molar refractivity (Wildman–Crippen MR) is 114 cm³/mol. The lowest BCUT2D eigenvalue weighted by Crippen LogP contribution is -2.40. The minimum atomic E-state index is -3.60. The summed E-state index contributed by atoms with van der Waals surface area (Å²) in [5, 5.41) is 2.79. The fourth-order valence-electron chi connectivity index (χ4n) is 3.08. The molecule has 0 aliphatic carbocycles. The molecule has 29 heavy (non-hydrogen) atoms. The summed E-state index contributed by atoms with van der Waals surface area (Å²) in [7, 11) is -3.60. The number of hydrogen-bond donors (Lipinski definition) is 1. The van der Waals surface area contributed by atoms with Crippen molar-refractivity contribution in [1.29, 1.82) is 0 Å². The van der Waals surface area contributed by atoms with Crippen molar-refractivity contribution in [1.82, 2.24) is 14.9 Å². The Hall–Kier alpha value is -3.13.